The van der Waals surface area contributed by atoms with E-state index in [0.717, 1.165) is 49.5 Å². The van der Waals surface area contributed by atoms with Gasteiger partial charge in [-0.05, 0) is 62.7 Å². The number of rotatable bonds is 8. The second-order valence-electron chi connectivity index (χ2n) is 8.10. The number of carbonyl (C=O) groups excluding carboxylic acids is 2. The molecule has 1 heterocycles. The lowest BCUT2D eigenvalue weighted by molar-refractivity contribution is -0.118. The van der Waals surface area contributed by atoms with Crippen LogP contribution in [0.3, 0.4) is 0 Å². The predicted octanol–water partition coefficient (Wildman–Crippen LogP) is 4.29. The Morgan fingerprint density at radius 3 is 2.42 bits per heavy atom. The van der Waals surface area contributed by atoms with Crippen LogP contribution in [0.5, 0.6) is 5.75 Å². The van der Waals surface area contributed by atoms with E-state index in [-0.39, 0.29) is 19.1 Å². The molecule has 0 saturated carbocycles. The molecular formula is C25H32ClN3O4. The maximum absolute atomic E-state index is 12.8. The SMILES string of the molecule is CCOC(=O)c1ccc(N2CCN(CC)CC2)c(NC(=O)COc2c(C)cc(C)cc2Cl)c1. The second kappa shape index (κ2) is 11.4. The van der Waals surface area contributed by atoms with Gasteiger partial charge in [-0.25, -0.2) is 4.79 Å². The first-order chi connectivity index (χ1) is 15.8. The van der Waals surface area contributed by atoms with Gasteiger partial charge in [0, 0.05) is 26.2 Å². The van der Waals surface area contributed by atoms with Gasteiger partial charge < -0.3 is 24.6 Å². The molecular weight excluding hydrogens is 442 g/mol. The van der Waals surface area contributed by atoms with E-state index in [1.165, 1.54) is 0 Å². The Kier molecular flexibility index (Phi) is 8.58. The molecule has 0 radical (unpaired) electrons. The molecule has 0 bridgehead atoms. The largest absolute Gasteiger partial charge is 0.482 e. The quantitative estimate of drug-likeness (QED) is 0.576. The number of aryl methyl sites for hydroxylation is 2. The van der Waals surface area contributed by atoms with Crippen molar-refractivity contribution in [2.75, 3.05) is 56.2 Å². The Balaban J connectivity index is 1.78. The molecule has 1 amide bonds. The zero-order valence-corrected chi connectivity index (χ0v) is 20.5. The first kappa shape index (κ1) is 24.9. The summed E-state index contributed by atoms with van der Waals surface area (Å²) in [5.74, 6) is -0.261. The zero-order chi connectivity index (χ0) is 24.0. The Hall–Kier alpha value is -2.77. The monoisotopic (exact) mass is 473 g/mol. The number of carbonyl (C=O) groups is 2. The Labute approximate surface area is 200 Å². The van der Waals surface area contributed by atoms with Gasteiger partial charge in [-0.3, -0.25) is 4.79 Å². The molecule has 0 atom stereocenters. The highest BCUT2D eigenvalue weighted by Crippen LogP contribution is 2.31. The molecule has 2 aromatic carbocycles. The molecule has 0 unspecified atom stereocenters. The third-order valence-corrected chi connectivity index (χ3v) is 5.94. The number of ether oxygens (including phenoxy) is 2. The molecule has 0 aliphatic carbocycles. The highest BCUT2D eigenvalue weighted by Gasteiger charge is 2.21. The lowest BCUT2D eigenvalue weighted by atomic mass is 10.1. The van der Waals surface area contributed by atoms with E-state index in [2.05, 4.69) is 22.0 Å². The smallest absolute Gasteiger partial charge is 0.338 e. The minimum absolute atomic E-state index is 0.198. The second-order valence-corrected chi connectivity index (χ2v) is 8.51. The van der Waals surface area contributed by atoms with Gasteiger partial charge in [0.25, 0.3) is 5.91 Å². The molecule has 7 nitrogen and oxygen atoms in total. The normalized spacial score (nSPS) is 14.2. The first-order valence-electron chi connectivity index (χ1n) is 11.3. The van der Waals surface area contributed by atoms with Crippen molar-refractivity contribution >= 4 is 34.9 Å². The maximum Gasteiger partial charge on any atom is 0.338 e. The van der Waals surface area contributed by atoms with Crippen LogP contribution in [0.1, 0.15) is 35.3 Å². The lowest BCUT2D eigenvalue weighted by Crippen LogP contribution is -2.46. The van der Waals surface area contributed by atoms with Crippen LogP contribution in [0.2, 0.25) is 5.02 Å². The molecule has 0 aromatic heterocycles. The number of nitrogens with zero attached hydrogens (tertiary/aromatic N) is 2. The van der Waals surface area contributed by atoms with Gasteiger partial charge in [-0.2, -0.15) is 0 Å². The van der Waals surface area contributed by atoms with Crippen LogP contribution in [-0.2, 0) is 9.53 Å². The molecule has 1 N–H and O–H groups in total. The number of hydrogen-bond donors (Lipinski definition) is 1. The van der Waals surface area contributed by atoms with Crippen LogP contribution in [0.25, 0.3) is 0 Å². The summed E-state index contributed by atoms with van der Waals surface area (Å²) in [6.07, 6.45) is 0. The van der Waals surface area contributed by atoms with E-state index in [4.69, 9.17) is 21.1 Å². The number of halogens is 1. The van der Waals surface area contributed by atoms with Crippen LogP contribution in [0.4, 0.5) is 11.4 Å². The van der Waals surface area contributed by atoms with Gasteiger partial charge >= 0.3 is 5.97 Å². The molecule has 0 spiro atoms. The van der Waals surface area contributed by atoms with Crippen LogP contribution >= 0.6 is 11.6 Å². The summed E-state index contributed by atoms with van der Waals surface area (Å²) in [5, 5.41) is 3.39. The highest BCUT2D eigenvalue weighted by molar-refractivity contribution is 6.32. The standard InChI is InChI=1S/C25H32ClN3O4/c1-5-28-9-11-29(12-10-28)22-8-7-19(25(31)32-6-2)15-21(22)27-23(30)16-33-24-18(4)13-17(3)14-20(24)26/h7-8,13-15H,5-6,9-12,16H2,1-4H3,(H,27,30). The van der Waals surface area contributed by atoms with E-state index in [1.54, 1.807) is 25.1 Å². The van der Waals surface area contributed by atoms with Gasteiger partial charge in [-0.15, -0.1) is 0 Å². The van der Waals surface area contributed by atoms with Gasteiger partial charge in [0.2, 0.25) is 0 Å². The van der Waals surface area contributed by atoms with Crippen molar-refractivity contribution < 1.29 is 19.1 Å². The number of hydrogen-bond acceptors (Lipinski definition) is 6. The van der Waals surface area contributed by atoms with Crippen molar-refractivity contribution in [3.05, 3.63) is 52.0 Å². The minimum atomic E-state index is -0.423. The van der Waals surface area contributed by atoms with Crippen molar-refractivity contribution in [3.8, 4) is 5.75 Å². The summed E-state index contributed by atoms with van der Waals surface area (Å²) >= 11 is 6.30. The molecule has 33 heavy (non-hydrogen) atoms. The van der Waals surface area contributed by atoms with Crippen LogP contribution in [0, 0.1) is 13.8 Å². The fourth-order valence-electron chi connectivity index (χ4n) is 3.97. The average Bonchev–Trinajstić information content (AvgIpc) is 2.78. The topological polar surface area (TPSA) is 71.1 Å². The summed E-state index contributed by atoms with van der Waals surface area (Å²) < 4.78 is 10.9. The highest BCUT2D eigenvalue weighted by atomic mass is 35.5. The van der Waals surface area contributed by atoms with E-state index >= 15 is 0 Å². The van der Waals surface area contributed by atoms with Gasteiger partial charge in [-0.1, -0.05) is 24.6 Å². The third kappa shape index (κ3) is 6.39. The lowest BCUT2D eigenvalue weighted by Gasteiger charge is -2.36. The number of anilines is 2. The average molecular weight is 474 g/mol. The number of nitrogens with one attached hydrogen (secondary N) is 1. The van der Waals surface area contributed by atoms with Crippen molar-refractivity contribution in [2.24, 2.45) is 0 Å². The molecule has 1 aliphatic heterocycles. The van der Waals surface area contributed by atoms with Crippen molar-refractivity contribution in [1.82, 2.24) is 4.90 Å². The number of esters is 1. The van der Waals surface area contributed by atoms with E-state index in [9.17, 15) is 9.59 Å². The Morgan fingerprint density at radius 2 is 1.79 bits per heavy atom. The number of benzene rings is 2. The van der Waals surface area contributed by atoms with Gasteiger partial charge in [0.15, 0.2) is 6.61 Å². The summed E-state index contributed by atoms with van der Waals surface area (Å²) in [4.78, 5) is 29.7. The van der Waals surface area contributed by atoms with Gasteiger partial charge in [0.1, 0.15) is 5.75 Å². The van der Waals surface area contributed by atoms with Crippen molar-refractivity contribution in [2.45, 2.75) is 27.7 Å². The first-order valence-corrected chi connectivity index (χ1v) is 11.7. The van der Waals surface area contributed by atoms with Crippen LogP contribution in [-0.4, -0.2) is 62.7 Å². The zero-order valence-electron chi connectivity index (χ0n) is 19.7. The Bertz CT molecular complexity index is 980. The molecule has 1 aliphatic rings. The molecule has 2 aromatic rings. The molecule has 8 heteroatoms. The van der Waals surface area contributed by atoms with E-state index in [0.29, 0.717) is 22.0 Å². The van der Waals surface area contributed by atoms with E-state index in [1.807, 2.05) is 26.0 Å². The van der Waals surface area contributed by atoms with Crippen molar-refractivity contribution in [3.63, 3.8) is 0 Å². The van der Waals surface area contributed by atoms with Gasteiger partial charge in [0.05, 0.1) is 28.6 Å². The molecule has 178 valence electrons. The molecule has 1 fully saturated rings. The fourth-order valence-corrected chi connectivity index (χ4v) is 4.34. The minimum Gasteiger partial charge on any atom is -0.482 e. The Morgan fingerprint density at radius 1 is 1.06 bits per heavy atom. The number of piperazine rings is 1. The summed E-state index contributed by atoms with van der Waals surface area (Å²) in [7, 11) is 0. The fraction of sp³-hybridized carbons (Fsp3) is 0.440. The van der Waals surface area contributed by atoms with Crippen LogP contribution in [0.15, 0.2) is 30.3 Å². The number of likely N-dealkylation sites (N-methyl/N-ethyl adjacent to an activating group) is 1. The van der Waals surface area contributed by atoms with Crippen LogP contribution < -0.4 is 15.0 Å². The maximum atomic E-state index is 12.8. The molecule has 3 rings (SSSR count). The summed E-state index contributed by atoms with van der Waals surface area (Å²) in [5.41, 5.74) is 3.72. The van der Waals surface area contributed by atoms with Crippen molar-refractivity contribution in [1.29, 1.82) is 0 Å². The summed E-state index contributed by atoms with van der Waals surface area (Å²) in [6, 6.07) is 9.03. The molecule has 1 saturated heterocycles. The van der Waals surface area contributed by atoms with E-state index < -0.39 is 5.97 Å². The third-order valence-electron chi connectivity index (χ3n) is 5.66. The predicted molar refractivity (Wildman–Crippen MR) is 132 cm³/mol. The number of amides is 1. The summed E-state index contributed by atoms with van der Waals surface area (Å²) in [6.45, 7) is 12.4.